The lowest BCUT2D eigenvalue weighted by Crippen LogP contribution is -2.24. The first-order valence-electron chi connectivity index (χ1n) is 9.93. The minimum absolute atomic E-state index is 0.0493. The molecule has 0 saturated heterocycles. The second-order valence-electron chi connectivity index (χ2n) is 6.96. The number of rotatable bonds is 9. The maximum absolute atomic E-state index is 12.6. The quantitative estimate of drug-likeness (QED) is 0.518. The highest BCUT2D eigenvalue weighted by Crippen LogP contribution is 2.25. The second kappa shape index (κ2) is 9.91. The molecule has 0 aliphatic rings. The van der Waals surface area contributed by atoms with Crippen LogP contribution in [0.15, 0.2) is 65.6 Å². The van der Waals surface area contributed by atoms with Crippen molar-refractivity contribution in [3.05, 3.63) is 77.6 Å². The van der Waals surface area contributed by atoms with Gasteiger partial charge in [0, 0.05) is 11.3 Å². The Labute approximate surface area is 182 Å². The molecule has 1 heterocycles. The zero-order chi connectivity index (χ0) is 22.4. The Morgan fingerprint density at radius 3 is 2.10 bits per heavy atom. The molecule has 7 nitrogen and oxygen atoms in total. The van der Waals surface area contributed by atoms with Gasteiger partial charge in [0.05, 0.1) is 29.8 Å². The topological polar surface area (TPSA) is 97.8 Å². The Kier molecular flexibility index (Phi) is 7.27. The number of sulfonamides is 1. The molecule has 8 heteroatoms. The Hall–Kier alpha value is -2.94. The van der Waals surface area contributed by atoms with Gasteiger partial charge in [-0.15, -0.1) is 0 Å². The van der Waals surface area contributed by atoms with Crippen LogP contribution in [0.1, 0.15) is 36.9 Å². The smallest absolute Gasteiger partial charge is 0.240 e. The van der Waals surface area contributed by atoms with E-state index in [0.717, 1.165) is 11.3 Å². The number of nitrogens with one attached hydrogen (secondary N) is 1. The number of nitrogens with zero attached hydrogens (tertiary/aromatic N) is 1. The summed E-state index contributed by atoms with van der Waals surface area (Å²) in [5, 5.41) is 9.69. The van der Waals surface area contributed by atoms with Crippen molar-refractivity contribution in [3.63, 3.8) is 0 Å². The first kappa shape index (κ1) is 22.7. The van der Waals surface area contributed by atoms with E-state index < -0.39 is 16.1 Å². The lowest BCUT2D eigenvalue weighted by atomic mass is 10.1. The predicted molar refractivity (Wildman–Crippen MR) is 118 cm³/mol. The van der Waals surface area contributed by atoms with Gasteiger partial charge in [-0.3, -0.25) is 4.98 Å². The van der Waals surface area contributed by atoms with Gasteiger partial charge < -0.3 is 14.6 Å². The maximum Gasteiger partial charge on any atom is 0.240 e. The van der Waals surface area contributed by atoms with Crippen LogP contribution in [0.25, 0.3) is 0 Å². The third-order valence-electron chi connectivity index (χ3n) is 4.58. The largest absolute Gasteiger partial charge is 0.494 e. The lowest BCUT2D eigenvalue weighted by molar-refractivity contribution is 0.198. The molecule has 0 aliphatic carbocycles. The number of aliphatic hydroxyl groups is 1. The van der Waals surface area contributed by atoms with Crippen LogP contribution in [0.4, 0.5) is 0 Å². The number of ether oxygens (including phenoxy) is 2. The summed E-state index contributed by atoms with van der Waals surface area (Å²) in [6.07, 6.45) is -0.624. The molecule has 0 spiro atoms. The molecule has 0 amide bonds. The van der Waals surface area contributed by atoms with Gasteiger partial charge in [0.25, 0.3) is 0 Å². The molecule has 0 fully saturated rings. The fourth-order valence-electron chi connectivity index (χ4n) is 3.01. The predicted octanol–water partition coefficient (Wildman–Crippen LogP) is 4.11. The van der Waals surface area contributed by atoms with Gasteiger partial charge in [0.15, 0.2) is 0 Å². The molecule has 0 unspecified atom stereocenters. The van der Waals surface area contributed by atoms with Crippen molar-refractivity contribution < 1.29 is 23.0 Å². The Morgan fingerprint density at radius 1 is 0.968 bits per heavy atom. The summed E-state index contributed by atoms with van der Waals surface area (Å²) >= 11 is 0. The molecular formula is C23H26N2O5S. The fourth-order valence-corrected chi connectivity index (χ4v) is 4.01. The van der Waals surface area contributed by atoms with E-state index in [9.17, 15) is 13.5 Å². The maximum atomic E-state index is 12.6. The summed E-state index contributed by atoms with van der Waals surface area (Å²) in [5.41, 5.74) is 1.96. The highest BCUT2D eigenvalue weighted by molar-refractivity contribution is 7.89. The molecule has 31 heavy (non-hydrogen) atoms. The van der Waals surface area contributed by atoms with Crippen LogP contribution in [0.3, 0.4) is 0 Å². The number of hydrogen-bond donors (Lipinski definition) is 2. The minimum atomic E-state index is -3.71. The standard InChI is InChI=1S/C23H26N2O5S/c1-4-29-19-6-8-20(9-7-19)30-21-10-12-22(13-11-21)31(27,28)24-15-18-5-14-23(17(3)26)16(2)25-18/h5-14,17,24,26H,4,15H2,1-3H3/t17-/m0/s1. The SMILES string of the molecule is CCOc1ccc(Oc2ccc(S(=O)(=O)NCc3ccc([C@H](C)O)c(C)n3)cc2)cc1. The molecule has 2 aromatic carbocycles. The van der Waals surface area contributed by atoms with E-state index in [-0.39, 0.29) is 11.4 Å². The van der Waals surface area contributed by atoms with Crippen molar-refractivity contribution in [2.75, 3.05) is 6.61 Å². The van der Waals surface area contributed by atoms with Crippen LogP contribution in [-0.2, 0) is 16.6 Å². The lowest BCUT2D eigenvalue weighted by Gasteiger charge is -2.11. The fraction of sp³-hybridized carbons (Fsp3) is 0.261. The van der Waals surface area contributed by atoms with Crippen LogP contribution in [-0.4, -0.2) is 25.1 Å². The minimum Gasteiger partial charge on any atom is -0.494 e. The third-order valence-corrected chi connectivity index (χ3v) is 6.00. The van der Waals surface area contributed by atoms with Gasteiger partial charge in [-0.05, 0) is 75.4 Å². The summed E-state index contributed by atoms with van der Waals surface area (Å²) in [4.78, 5) is 4.48. The molecule has 2 N–H and O–H groups in total. The summed E-state index contributed by atoms with van der Waals surface area (Å²) in [6.45, 7) is 6.00. The van der Waals surface area contributed by atoms with Gasteiger partial charge in [-0.2, -0.15) is 0 Å². The summed E-state index contributed by atoms with van der Waals surface area (Å²) in [6, 6.07) is 16.8. The molecular weight excluding hydrogens is 416 g/mol. The van der Waals surface area contributed by atoms with Crippen LogP contribution in [0, 0.1) is 6.92 Å². The average molecular weight is 443 g/mol. The van der Waals surface area contributed by atoms with Gasteiger partial charge in [0.2, 0.25) is 10.0 Å². The zero-order valence-electron chi connectivity index (χ0n) is 17.7. The van der Waals surface area contributed by atoms with Crippen molar-refractivity contribution >= 4 is 10.0 Å². The molecule has 0 saturated carbocycles. The van der Waals surface area contributed by atoms with Gasteiger partial charge >= 0.3 is 0 Å². The van der Waals surface area contributed by atoms with E-state index in [1.54, 1.807) is 50.2 Å². The Morgan fingerprint density at radius 2 is 1.55 bits per heavy atom. The van der Waals surface area contributed by atoms with E-state index in [0.29, 0.717) is 29.5 Å². The highest BCUT2D eigenvalue weighted by atomic mass is 32.2. The molecule has 0 aliphatic heterocycles. The van der Waals surface area contributed by atoms with Crippen LogP contribution in [0.5, 0.6) is 17.2 Å². The van der Waals surface area contributed by atoms with E-state index in [2.05, 4.69) is 9.71 Å². The van der Waals surface area contributed by atoms with Crippen molar-refractivity contribution in [2.24, 2.45) is 0 Å². The van der Waals surface area contributed by atoms with E-state index in [1.807, 2.05) is 19.1 Å². The zero-order valence-corrected chi connectivity index (χ0v) is 18.5. The molecule has 1 atom stereocenters. The molecule has 3 aromatic rings. The van der Waals surface area contributed by atoms with Gasteiger partial charge in [-0.25, -0.2) is 13.1 Å². The molecule has 164 valence electrons. The van der Waals surface area contributed by atoms with E-state index in [1.165, 1.54) is 12.1 Å². The van der Waals surface area contributed by atoms with Gasteiger partial charge in [-0.1, -0.05) is 6.07 Å². The molecule has 1 aromatic heterocycles. The number of aliphatic hydroxyl groups excluding tert-OH is 1. The first-order chi connectivity index (χ1) is 14.8. The van der Waals surface area contributed by atoms with Crippen molar-refractivity contribution in [1.82, 2.24) is 9.71 Å². The number of aryl methyl sites for hydroxylation is 1. The number of hydrogen-bond acceptors (Lipinski definition) is 6. The second-order valence-corrected chi connectivity index (χ2v) is 8.72. The van der Waals surface area contributed by atoms with Crippen LogP contribution >= 0.6 is 0 Å². The molecule has 0 radical (unpaired) electrons. The number of aromatic nitrogens is 1. The van der Waals surface area contributed by atoms with E-state index in [4.69, 9.17) is 9.47 Å². The summed E-state index contributed by atoms with van der Waals surface area (Å²) in [5.74, 6) is 1.90. The molecule has 0 bridgehead atoms. The summed E-state index contributed by atoms with van der Waals surface area (Å²) < 4.78 is 38.9. The Bertz CT molecular complexity index is 1110. The number of pyridine rings is 1. The molecule has 3 rings (SSSR count). The third kappa shape index (κ3) is 6.04. The Balaban J connectivity index is 1.63. The normalized spacial score (nSPS) is 12.4. The highest BCUT2D eigenvalue weighted by Gasteiger charge is 2.15. The monoisotopic (exact) mass is 442 g/mol. The average Bonchev–Trinajstić information content (AvgIpc) is 2.74. The van der Waals surface area contributed by atoms with Crippen molar-refractivity contribution in [1.29, 1.82) is 0 Å². The number of benzene rings is 2. The summed E-state index contributed by atoms with van der Waals surface area (Å²) in [7, 11) is -3.71. The van der Waals surface area contributed by atoms with Crippen molar-refractivity contribution in [2.45, 2.75) is 38.3 Å². The van der Waals surface area contributed by atoms with Crippen LogP contribution in [0.2, 0.25) is 0 Å². The van der Waals surface area contributed by atoms with Gasteiger partial charge in [0.1, 0.15) is 17.2 Å². The van der Waals surface area contributed by atoms with E-state index >= 15 is 0 Å². The first-order valence-corrected chi connectivity index (χ1v) is 11.4. The van der Waals surface area contributed by atoms with Crippen molar-refractivity contribution in [3.8, 4) is 17.2 Å². The van der Waals surface area contributed by atoms with Crippen LogP contribution < -0.4 is 14.2 Å².